The van der Waals surface area contributed by atoms with Crippen LogP contribution in [0.3, 0.4) is 0 Å². The van der Waals surface area contributed by atoms with Crippen LogP contribution in [0.5, 0.6) is 5.88 Å². The van der Waals surface area contributed by atoms with E-state index in [4.69, 9.17) is 14.2 Å². The van der Waals surface area contributed by atoms with Gasteiger partial charge in [-0.15, -0.1) is 4.37 Å². The lowest BCUT2D eigenvalue weighted by Gasteiger charge is -2.53. The molecule has 0 radical (unpaired) electrons. The SMILES string of the molecule is CCCCCCOc1nsnc1C1CN2CCC1CC21OC(=O)C=CC(=O)O1. The van der Waals surface area contributed by atoms with Gasteiger partial charge < -0.3 is 14.2 Å². The van der Waals surface area contributed by atoms with Gasteiger partial charge in [0.1, 0.15) is 5.69 Å². The second kappa shape index (κ2) is 8.16. The molecule has 3 unspecified atom stereocenters. The summed E-state index contributed by atoms with van der Waals surface area (Å²) in [6.45, 7) is 4.11. The predicted octanol–water partition coefficient (Wildman–Crippen LogP) is 2.62. The third kappa shape index (κ3) is 3.77. The molecule has 4 aliphatic rings. The second-order valence-electron chi connectivity index (χ2n) is 7.56. The molecule has 5 rings (SSSR count). The minimum atomic E-state index is -1.30. The third-order valence-corrected chi connectivity index (χ3v) is 6.23. The van der Waals surface area contributed by atoms with Gasteiger partial charge >= 0.3 is 17.8 Å². The summed E-state index contributed by atoms with van der Waals surface area (Å²) >= 11 is 1.16. The molecule has 0 N–H and O–H groups in total. The Morgan fingerprint density at radius 2 is 2.00 bits per heavy atom. The number of esters is 2. The van der Waals surface area contributed by atoms with E-state index in [0.29, 0.717) is 32.0 Å². The van der Waals surface area contributed by atoms with E-state index in [1.54, 1.807) is 0 Å². The number of unbranched alkanes of at least 4 members (excludes halogenated alkanes) is 3. The zero-order chi connectivity index (χ0) is 19.6. The molecule has 3 saturated heterocycles. The highest BCUT2D eigenvalue weighted by Gasteiger charge is 2.57. The molecule has 0 amide bonds. The Labute approximate surface area is 168 Å². The fourth-order valence-electron chi connectivity index (χ4n) is 4.29. The number of aromatic nitrogens is 2. The van der Waals surface area contributed by atoms with Gasteiger partial charge in [-0.3, -0.25) is 0 Å². The van der Waals surface area contributed by atoms with E-state index in [1.165, 1.54) is 12.8 Å². The summed E-state index contributed by atoms with van der Waals surface area (Å²) in [6, 6.07) is 0. The van der Waals surface area contributed by atoms with Gasteiger partial charge in [0.15, 0.2) is 0 Å². The molecule has 0 saturated carbocycles. The molecule has 0 aromatic carbocycles. The van der Waals surface area contributed by atoms with Gasteiger partial charge in [0.2, 0.25) is 5.88 Å². The van der Waals surface area contributed by atoms with Crippen LogP contribution >= 0.6 is 11.7 Å². The van der Waals surface area contributed by atoms with Gasteiger partial charge in [0.05, 0.1) is 18.3 Å². The summed E-state index contributed by atoms with van der Waals surface area (Å²) < 4.78 is 25.8. The van der Waals surface area contributed by atoms with Crippen LogP contribution in [-0.4, -0.2) is 51.2 Å². The van der Waals surface area contributed by atoms with Gasteiger partial charge in [0.25, 0.3) is 0 Å². The van der Waals surface area contributed by atoms with E-state index < -0.39 is 17.8 Å². The molecule has 3 atom stereocenters. The highest BCUT2D eigenvalue weighted by atomic mass is 32.1. The normalized spacial score (nSPS) is 28.1. The molecule has 28 heavy (non-hydrogen) atoms. The van der Waals surface area contributed by atoms with E-state index in [-0.39, 0.29) is 11.8 Å². The molecule has 152 valence electrons. The van der Waals surface area contributed by atoms with Crippen LogP contribution in [0.1, 0.15) is 57.1 Å². The van der Waals surface area contributed by atoms with Crippen molar-refractivity contribution in [3.63, 3.8) is 0 Å². The van der Waals surface area contributed by atoms with E-state index >= 15 is 0 Å². The number of hydrogen-bond acceptors (Lipinski definition) is 9. The molecule has 0 aliphatic carbocycles. The van der Waals surface area contributed by atoms with E-state index in [9.17, 15) is 9.59 Å². The van der Waals surface area contributed by atoms with Gasteiger partial charge in [0, 0.05) is 37.6 Å². The molecule has 4 aliphatic heterocycles. The lowest BCUT2D eigenvalue weighted by atomic mass is 9.75. The van der Waals surface area contributed by atoms with Gasteiger partial charge in [-0.25, -0.2) is 14.5 Å². The minimum absolute atomic E-state index is 0.123. The van der Waals surface area contributed by atoms with Crippen molar-refractivity contribution in [2.24, 2.45) is 5.92 Å². The maximum Gasteiger partial charge on any atom is 0.335 e. The average Bonchev–Trinajstić information content (AvgIpc) is 3.09. The first-order valence-corrected chi connectivity index (χ1v) is 10.7. The number of hydrogen-bond donors (Lipinski definition) is 0. The maximum atomic E-state index is 11.9. The fraction of sp³-hybridized carbons (Fsp3) is 0.684. The van der Waals surface area contributed by atoms with E-state index in [1.807, 2.05) is 4.90 Å². The Bertz CT molecular complexity index is 745. The molecule has 1 aromatic heterocycles. The Morgan fingerprint density at radius 1 is 1.21 bits per heavy atom. The summed E-state index contributed by atoms with van der Waals surface area (Å²) in [5.74, 6) is -1.50. The number of nitrogens with zero attached hydrogens (tertiary/aromatic N) is 3. The largest absolute Gasteiger partial charge is 0.476 e. The summed E-state index contributed by atoms with van der Waals surface area (Å²) in [5, 5.41) is 0. The summed E-state index contributed by atoms with van der Waals surface area (Å²) in [5.41, 5.74) is 0.870. The number of carbonyl (C=O) groups excluding carboxylic acids is 2. The standard InChI is InChI=1S/C19H25N3O5S/c1-2-3-4-5-10-25-18-17(20-28-21-18)14-12-22-9-8-13(14)11-19(22)26-15(23)6-7-16(24)27-19/h6-7,13-14H,2-5,8-12H2,1H3. The van der Waals surface area contributed by atoms with Crippen molar-refractivity contribution in [2.75, 3.05) is 19.7 Å². The molecular weight excluding hydrogens is 382 g/mol. The first-order chi connectivity index (χ1) is 13.6. The monoisotopic (exact) mass is 407 g/mol. The average molecular weight is 407 g/mol. The van der Waals surface area contributed by atoms with Gasteiger partial charge in [-0.2, -0.15) is 4.37 Å². The molecular formula is C19H25N3O5S. The molecule has 9 heteroatoms. The smallest absolute Gasteiger partial charge is 0.335 e. The van der Waals surface area contributed by atoms with Crippen LogP contribution < -0.4 is 4.74 Å². The second-order valence-corrected chi connectivity index (χ2v) is 8.09. The Balaban J connectivity index is 1.45. The number of piperidine rings is 3. The topological polar surface area (TPSA) is 90.9 Å². The Morgan fingerprint density at radius 3 is 2.68 bits per heavy atom. The zero-order valence-electron chi connectivity index (χ0n) is 16.0. The molecule has 3 fully saturated rings. The molecule has 5 heterocycles. The van der Waals surface area contributed by atoms with Gasteiger partial charge in [-0.1, -0.05) is 26.2 Å². The highest BCUT2D eigenvalue weighted by molar-refractivity contribution is 6.99. The Kier molecular flexibility index (Phi) is 5.63. The quantitative estimate of drug-likeness (QED) is 0.503. The van der Waals surface area contributed by atoms with Crippen LogP contribution in [0, 0.1) is 5.92 Å². The first-order valence-electron chi connectivity index (χ1n) is 9.95. The maximum absolute atomic E-state index is 11.9. The highest BCUT2D eigenvalue weighted by Crippen LogP contribution is 2.49. The van der Waals surface area contributed by atoms with Gasteiger partial charge in [-0.05, 0) is 18.8 Å². The summed E-state index contributed by atoms with van der Waals surface area (Å²) in [6.07, 6.45) is 8.14. The van der Waals surface area contributed by atoms with E-state index in [0.717, 1.165) is 48.8 Å². The van der Waals surface area contributed by atoms with E-state index in [2.05, 4.69) is 15.7 Å². The van der Waals surface area contributed by atoms with Crippen LogP contribution in [0.25, 0.3) is 0 Å². The van der Waals surface area contributed by atoms with Crippen molar-refractivity contribution < 1.29 is 23.8 Å². The van der Waals surface area contributed by atoms with Crippen molar-refractivity contribution in [1.82, 2.24) is 13.6 Å². The van der Waals surface area contributed by atoms with Crippen LogP contribution in [0.4, 0.5) is 0 Å². The number of rotatable bonds is 7. The number of ether oxygens (including phenoxy) is 3. The minimum Gasteiger partial charge on any atom is -0.476 e. The van der Waals surface area contributed by atoms with Crippen LogP contribution in [0.15, 0.2) is 12.2 Å². The third-order valence-electron chi connectivity index (χ3n) is 5.70. The van der Waals surface area contributed by atoms with Crippen molar-refractivity contribution in [1.29, 1.82) is 0 Å². The molecule has 8 nitrogen and oxygen atoms in total. The lowest BCUT2D eigenvalue weighted by Crippen LogP contribution is -2.64. The van der Waals surface area contributed by atoms with Crippen molar-refractivity contribution in [2.45, 2.75) is 57.3 Å². The Hall–Kier alpha value is -2.00. The van der Waals surface area contributed by atoms with Crippen LogP contribution in [0.2, 0.25) is 0 Å². The van der Waals surface area contributed by atoms with Crippen molar-refractivity contribution >= 4 is 23.7 Å². The summed E-state index contributed by atoms with van der Waals surface area (Å²) in [4.78, 5) is 25.8. The lowest BCUT2D eigenvalue weighted by molar-refractivity contribution is -0.315. The van der Waals surface area contributed by atoms with Crippen molar-refractivity contribution in [3.05, 3.63) is 17.8 Å². The molecule has 1 spiro atoms. The predicted molar refractivity (Wildman–Crippen MR) is 101 cm³/mol. The number of fused-ring (bicyclic) bond motifs is 2. The zero-order valence-corrected chi connectivity index (χ0v) is 16.8. The van der Waals surface area contributed by atoms with Crippen molar-refractivity contribution in [3.8, 4) is 5.88 Å². The fourth-order valence-corrected chi connectivity index (χ4v) is 4.85. The van der Waals surface area contributed by atoms with Crippen LogP contribution in [-0.2, 0) is 19.1 Å². The number of carbonyl (C=O) groups is 2. The molecule has 2 bridgehead atoms. The first kappa shape index (κ1) is 19.3. The molecule has 1 aromatic rings. The summed E-state index contributed by atoms with van der Waals surface area (Å²) in [7, 11) is 0.